The summed E-state index contributed by atoms with van der Waals surface area (Å²) in [6, 6.07) is 0. The molecule has 1 aromatic rings. The number of halogens is 1. The number of piperidine rings is 1. The second-order valence-corrected chi connectivity index (χ2v) is 6.25. The Morgan fingerprint density at radius 1 is 1.60 bits per heavy atom. The molecular weight excluding hydrogens is 300 g/mol. The SMILES string of the molecule is CC1CCCN(c2nc(N)c(Cl)c(SCC(=O)O)n2)C1. The molecule has 2 rings (SSSR count). The van der Waals surface area contributed by atoms with E-state index in [1.165, 1.54) is 6.42 Å². The van der Waals surface area contributed by atoms with Crippen molar-refractivity contribution >= 4 is 41.1 Å². The van der Waals surface area contributed by atoms with Crippen molar-refractivity contribution in [3.63, 3.8) is 0 Å². The minimum absolute atomic E-state index is 0.105. The zero-order valence-corrected chi connectivity index (χ0v) is 12.7. The van der Waals surface area contributed by atoms with Crippen molar-refractivity contribution in [2.24, 2.45) is 5.92 Å². The molecule has 8 heteroatoms. The Kier molecular flexibility index (Phi) is 4.93. The van der Waals surface area contributed by atoms with Crippen LogP contribution >= 0.6 is 23.4 Å². The molecule has 1 saturated heterocycles. The van der Waals surface area contributed by atoms with Gasteiger partial charge in [-0.2, -0.15) is 4.98 Å². The maximum atomic E-state index is 10.6. The minimum Gasteiger partial charge on any atom is -0.481 e. The average molecular weight is 317 g/mol. The summed E-state index contributed by atoms with van der Waals surface area (Å²) < 4.78 is 0. The van der Waals surface area contributed by atoms with E-state index in [2.05, 4.69) is 21.8 Å². The van der Waals surface area contributed by atoms with Crippen LogP contribution in [0.1, 0.15) is 19.8 Å². The third-order valence-corrected chi connectivity index (χ3v) is 4.55. The maximum Gasteiger partial charge on any atom is 0.313 e. The van der Waals surface area contributed by atoms with Crippen molar-refractivity contribution in [1.29, 1.82) is 0 Å². The Hall–Kier alpha value is -1.21. The molecule has 110 valence electrons. The first-order chi connectivity index (χ1) is 9.47. The number of nitrogens with two attached hydrogens (primary N) is 1. The van der Waals surface area contributed by atoms with E-state index >= 15 is 0 Å². The quantitative estimate of drug-likeness (QED) is 0.649. The van der Waals surface area contributed by atoms with Crippen molar-refractivity contribution in [3.05, 3.63) is 5.02 Å². The molecule has 1 aliphatic rings. The van der Waals surface area contributed by atoms with Gasteiger partial charge >= 0.3 is 5.97 Å². The van der Waals surface area contributed by atoms with Gasteiger partial charge < -0.3 is 15.7 Å². The Morgan fingerprint density at radius 3 is 3.00 bits per heavy atom. The molecule has 1 fully saturated rings. The van der Waals surface area contributed by atoms with Crippen LogP contribution in [-0.4, -0.2) is 39.9 Å². The van der Waals surface area contributed by atoms with Crippen LogP contribution in [0, 0.1) is 5.92 Å². The number of carbonyl (C=O) groups is 1. The molecule has 0 aromatic carbocycles. The van der Waals surface area contributed by atoms with E-state index in [1.807, 2.05) is 0 Å². The first kappa shape index (κ1) is 15.2. The molecule has 1 unspecified atom stereocenters. The van der Waals surface area contributed by atoms with E-state index in [-0.39, 0.29) is 16.6 Å². The maximum absolute atomic E-state index is 10.6. The molecule has 6 nitrogen and oxygen atoms in total. The zero-order chi connectivity index (χ0) is 14.7. The van der Waals surface area contributed by atoms with Crippen LogP contribution in [0.5, 0.6) is 0 Å². The molecule has 1 aromatic heterocycles. The highest BCUT2D eigenvalue weighted by Gasteiger charge is 2.21. The summed E-state index contributed by atoms with van der Waals surface area (Å²) in [4.78, 5) is 21.3. The van der Waals surface area contributed by atoms with Gasteiger partial charge in [-0.3, -0.25) is 4.79 Å². The number of thioether (sulfide) groups is 1. The lowest BCUT2D eigenvalue weighted by atomic mass is 10.0. The van der Waals surface area contributed by atoms with Gasteiger partial charge in [-0.15, -0.1) is 0 Å². The number of aromatic nitrogens is 2. The highest BCUT2D eigenvalue weighted by molar-refractivity contribution is 8.00. The van der Waals surface area contributed by atoms with E-state index < -0.39 is 5.97 Å². The number of rotatable bonds is 4. The molecule has 0 bridgehead atoms. The predicted octanol–water partition coefficient (Wildman–Crippen LogP) is 2.13. The van der Waals surface area contributed by atoms with Gasteiger partial charge in [0.1, 0.15) is 15.9 Å². The van der Waals surface area contributed by atoms with Gasteiger partial charge in [-0.1, -0.05) is 30.3 Å². The van der Waals surface area contributed by atoms with Crippen LogP contribution in [-0.2, 0) is 4.79 Å². The standard InChI is InChI=1S/C12H17ClN4O2S/c1-7-3-2-4-17(5-7)12-15-10(14)9(13)11(16-12)20-6-8(18)19/h7H,2-6H2,1H3,(H,18,19)(H2,14,15,16). The fraction of sp³-hybridized carbons (Fsp3) is 0.583. The van der Waals surface area contributed by atoms with Crippen LogP contribution in [0.15, 0.2) is 5.03 Å². The molecule has 0 amide bonds. The monoisotopic (exact) mass is 316 g/mol. The lowest BCUT2D eigenvalue weighted by Crippen LogP contribution is -2.35. The van der Waals surface area contributed by atoms with Gasteiger partial charge in [0.25, 0.3) is 0 Å². The molecule has 2 heterocycles. The van der Waals surface area contributed by atoms with E-state index in [1.54, 1.807) is 0 Å². The average Bonchev–Trinajstić information content (AvgIpc) is 2.40. The third-order valence-electron chi connectivity index (χ3n) is 3.11. The van der Waals surface area contributed by atoms with Crippen molar-refractivity contribution in [2.75, 3.05) is 29.5 Å². The van der Waals surface area contributed by atoms with E-state index in [0.717, 1.165) is 31.3 Å². The number of carboxylic acid groups (broad SMARTS) is 1. The molecule has 3 N–H and O–H groups in total. The van der Waals surface area contributed by atoms with Crippen LogP contribution in [0.2, 0.25) is 5.02 Å². The Bertz CT molecular complexity index is 514. The predicted molar refractivity (Wildman–Crippen MR) is 80.4 cm³/mol. The van der Waals surface area contributed by atoms with Crippen molar-refractivity contribution in [1.82, 2.24) is 9.97 Å². The van der Waals surface area contributed by atoms with E-state index in [9.17, 15) is 4.79 Å². The van der Waals surface area contributed by atoms with Gasteiger partial charge in [0, 0.05) is 13.1 Å². The first-order valence-corrected chi connectivity index (χ1v) is 7.76. The summed E-state index contributed by atoms with van der Waals surface area (Å²) in [5.41, 5.74) is 5.80. The lowest BCUT2D eigenvalue weighted by molar-refractivity contribution is -0.133. The van der Waals surface area contributed by atoms with Crippen LogP contribution in [0.3, 0.4) is 0 Å². The van der Waals surface area contributed by atoms with E-state index in [0.29, 0.717) is 16.9 Å². The summed E-state index contributed by atoms with van der Waals surface area (Å²) >= 11 is 7.09. The smallest absolute Gasteiger partial charge is 0.313 e. The van der Waals surface area contributed by atoms with Crippen LogP contribution in [0.25, 0.3) is 0 Å². The van der Waals surface area contributed by atoms with Crippen molar-refractivity contribution in [2.45, 2.75) is 24.8 Å². The number of hydrogen-bond donors (Lipinski definition) is 2. The van der Waals surface area contributed by atoms with Gasteiger partial charge in [0.2, 0.25) is 5.95 Å². The number of carboxylic acids is 1. The Labute approximate surface area is 126 Å². The summed E-state index contributed by atoms with van der Waals surface area (Å²) in [5, 5.41) is 9.39. The van der Waals surface area contributed by atoms with Gasteiger partial charge in [-0.05, 0) is 18.8 Å². The summed E-state index contributed by atoms with van der Waals surface area (Å²) in [6.07, 6.45) is 2.28. The van der Waals surface area contributed by atoms with Crippen molar-refractivity contribution in [3.8, 4) is 0 Å². The number of nitrogens with zero attached hydrogens (tertiary/aromatic N) is 3. The molecular formula is C12H17ClN4O2S. The van der Waals surface area contributed by atoms with Crippen LogP contribution < -0.4 is 10.6 Å². The van der Waals surface area contributed by atoms with E-state index in [4.69, 9.17) is 22.4 Å². The molecule has 0 spiro atoms. The third kappa shape index (κ3) is 3.67. The second kappa shape index (κ2) is 6.49. The second-order valence-electron chi connectivity index (χ2n) is 4.90. The van der Waals surface area contributed by atoms with Crippen molar-refractivity contribution < 1.29 is 9.90 Å². The molecule has 0 aliphatic carbocycles. The number of nitrogen functional groups attached to an aromatic ring is 1. The normalized spacial score (nSPS) is 19.1. The fourth-order valence-electron chi connectivity index (χ4n) is 2.17. The number of anilines is 2. The molecule has 1 atom stereocenters. The molecule has 20 heavy (non-hydrogen) atoms. The fourth-order valence-corrected chi connectivity index (χ4v) is 3.06. The number of aliphatic carboxylic acids is 1. The van der Waals surface area contributed by atoms with Crippen LogP contribution in [0.4, 0.5) is 11.8 Å². The lowest BCUT2D eigenvalue weighted by Gasteiger charge is -2.31. The largest absolute Gasteiger partial charge is 0.481 e. The highest BCUT2D eigenvalue weighted by atomic mass is 35.5. The zero-order valence-electron chi connectivity index (χ0n) is 11.2. The number of hydrogen-bond acceptors (Lipinski definition) is 6. The van der Waals surface area contributed by atoms with Gasteiger partial charge in [0.15, 0.2) is 0 Å². The van der Waals surface area contributed by atoms with Gasteiger partial charge in [-0.25, -0.2) is 4.98 Å². The summed E-state index contributed by atoms with van der Waals surface area (Å²) in [6.45, 7) is 3.95. The topological polar surface area (TPSA) is 92.3 Å². The summed E-state index contributed by atoms with van der Waals surface area (Å²) in [7, 11) is 0. The Balaban J connectivity index is 2.23. The molecule has 0 saturated carbocycles. The molecule has 0 radical (unpaired) electrons. The highest BCUT2D eigenvalue weighted by Crippen LogP contribution is 2.31. The summed E-state index contributed by atoms with van der Waals surface area (Å²) in [5.74, 6) is 0.288. The minimum atomic E-state index is -0.920. The first-order valence-electron chi connectivity index (χ1n) is 6.40. The van der Waals surface area contributed by atoms with Gasteiger partial charge in [0.05, 0.1) is 5.75 Å². The molecule has 1 aliphatic heterocycles. The Morgan fingerprint density at radius 2 is 2.35 bits per heavy atom.